The topological polar surface area (TPSA) is 68.5 Å². The van der Waals surface area contributed by atoms with E-state index in [1.165, 1.54) is 11.3 Å². The highest BCUT2D eigenvalue weighted by Crippen LogP contribution is 2.27. The molecule has 0 unspecified atom stereocenters. The molecule has 0 saturated carbocycles. The van der Waals surface area contributed by atoms with Crippen molar-refractivity contribution in [1.82, 2.24) is 14.6 Å². The summed E-state index contributed by atoms with van der Waals surface area (Å²) in [6.07, 6.45) is 0. The maximum atomic E-state index is 12.3. The minimum atomic E-state index is -0.310. The Bertz CT molecular complexity index is 1200. The van der Waals surface area contributed by atoms with E-state index in [0.29, 0.717) is 15.7 Å². The minimum Gasteiger partial charge on any atom is -0.483 e. The molecule has 2 heterocycles. The minimum absolute atomic E-state index is 0.110. The summed E-state index contributed by atoms with van der Waals surface area (Å²) in [5.41, 5.74) is 5.10. The Balaban J connectivity index is 1.47. The number of rotatable bonds is 5. The Labute approximate surface area is 177 Å². The predicted molar refractivity (Wildman–Crippen MR) is 116 cm³/mol. The first-order chi connectivity index (χ1) is 13.9. The molecule has 2 aromatic heterocycles. The molecule has 0 saturated heterocycles. The molecule has 6 nitrogen and oxygen atoms in total. The van der Waals surface area contributed by atoms with Crippen molar-refractivity contribution in [3.8, 4) is 17.0 Å². The van der Waals surface area contributed by atoms with Gasteiger partial charge in [-0.05, 0) is 55.7 Å². The maximum Gasteiger partial charge on any atom is 0.264 e. The Kier molecular flexibility index (Phi) is 5.25. The second kappa shape index (κ2) is 7.85. The molecule has 0 spiro atoms. The third-order valence-corrected chi connectivity index (χ3v) is 5.66. The highest BCUT2D eigenvalue weighted by molar-refractivity contribution is 7.15. The van der Waals surface area contributed by atoms with Crippen molar-refractivity contribution in [2.45, 2.75) is 20.8 Å². The van der Waals surface area contributed by atoms with E-state index in [2.05, 4.69) is 21.5 Å². The molecule has 0 aliphatic heterocycles. The van der Waals surface area contributed by atoms with Crippen molar-refractivity contribution in [2.75, 3.05) is 11.9 Å². The van der Waals surface area contributed by atoms with Gasteiger partial charge < -0.3 is 4.74 Å². The largest absolute Gasteiger partial charge is 0.483 e. The zero-order valence-corrected chi connectivity index (χ0v) is 17.8. The van der Waals surface area contributed by atoms with Crippen LogP contribution in [0.5, 0.6) is 5.75 Å². The maximum absolute atomic E-state index is 12.3. The highest BCUT2D eigenvalue weighted by atomic mass is 35.5. The van der Waals surface area contributed by atoms with E-state index in [1.54, 1.807) is 4.52 Å². The molecule has 0 aliphatic rings. The van der Waals surface area contributed by atoms with Gasteiger partial charge in [-0.3, -0.25) is 10.1 Å². The van der Waals surface area contributed by atoms with Crippen molar-refractivity contribution in [2.24, 2.45) is 0 Å². The van der Waals surface area contributed by atoms with Gasteiger partial charge in [0.1, 0.15) is 5.75 Å². The first kappa shape index (κ1) is 19.4. The van der Waals surface area contributed by atoms with E-state index in [4.69, 9.17) is 16.3 Å². The molecule has 0 fully saturated rings. The van der Waals surface area contributed by atoms with Crippen LogP contribution in [0.2, 0.25) is 5.02 Å². The molecule has 0 atom stereocenters. The Morgan fingerprint density at radius 2 is 1.97 bits per heavy atom. The number of nitrogens with one attached hydrogen (secondary N) is 1. The number of hydrogen-bond donors (Lipinski definition) is 1. The van der Waals surface area contributed by atoms with E-state index < -0.39 is 0 Å². The summed E-state index contributed by atoms with van der Waals surface area (Å²) in [5.74, 6) is 0.647. The predicted octanol–water partition coefficient (Wildman–Crippen LogP) is 5.05. The zero-order valence-electron chi connectivity index (χ0n) is 16.2. The molecule has 148 valence electrons. The molecule has 0 aliphatic carbocycles. The Morgan fingerprint density at radius 1 is 1.21 bits per heavy atom. The summed E-state index contributed by atoms with van der Waals surface area (Å²) in [6.45, 7) is 5.89. The van der Waals surface area contributed by atoms with Gasteiger partial charge in [-0.25, -0.2) is 4.52 Å². The van der Waals surface area contributed by atoms with E-state index in [0.717, 1.165) is 27.9 Å². The number of fused-ring (bicyclic) bond motifs is 1. The van der Waals surface area contributed by atoms with Gasteiger partial charge in [0.05, 0.1) is 5.69 Å². The van der Waals surface area contributed by atoms with Crippen LogP contribution in [0.15, 0.2) is 41.8 Å². The fourth-order valence-corrected chi connectivity index (χ4v) is 3.97. The molecule has 8 heteroatoms. The molecular formula is C21H19ClN4O2S. The lowest BCUT2D eigenvalue weighted by Crippen LogP contribution is -2.21. The number of ether oxygens (including phenoxy) is 1. The number of carbonyl (C=O) groups is 1. The molecule has 4 aromatic rings. The van der Waals surface area contributed by atoms with E-state index >= 15 is 0 Å². The summed E-state index contributed by atoms with van der Waals surface area (Å²) >= 11 is 7.41. The number of aryl methyl sites for hydroxylation is 2. The van der Waals surface area contributed by atoms with Gasteiger partial charge in [-0.15, -0.1) is 16.4 Å². The summed E-state index contributed by atoms with van der Waals surface area (Å²) in [6, 6.07) is 11.5. The number of thiazole rings is 1. The average Bonchev–Trinajstić information content (AvgIpc) is 3.24. The number of anilines is 1. The third-order valence-electron chi connectivity index (χ3n) is 4.60. The molecule has 4 rings (SSSR count). The molecule has 0 radical (unpaired) electrons. The Hall–Kier alpha value is -2.90. The number of halogens is 1. The van der Waals surface area contributed by atoms with Crippen molar-refractivity contribution in [1.29, 1.82) is 0 Å². The van der Waals surface area contributed by atoms with Gasteiger partial charge in [0.2, 0.25) is 4.96 Å². The van der Waals surface area contributed by atoms with Gasteiger partial charge in [0.25, 0.3) is 11.9 Å². The number of hydrogen-bond acceptors (Lipinski definition) is 5. The molecule has 29 heavy (non-hydrogen) atoms. The van der Waals surface area contributed by atoms with Gasteiger partial charge in [0, 0.05) is 16.0 Å². The monoisotopic (exact) mass is 426 g/mol. The number of amides is 1. The quantitative estimate of drug-likeness (QED) is 0.484. The second-order valence-electron chi connectivity index (χ2n) is 6.80. The first-order valence-electron chi connectivity index (χ1n) is 9.01. The smallest absolute Gasteiger partial charge is 0.264 e. The molecular weight excluding hydrogens is 408 g/mol. The third kappa shape index (κ3) is 4.11. The first-order valence-corrected chi connectivity index (χ1v) is 10.3. The van der Waals surface area contributed by atoms with Crippen molar-refractivity contribution in [3.63, 3.8) is 0 Å². The van der Waals surface area contributed by atoms with Gasteiger partial charge in [0.15, 0.2) is 6.61 Å². The van der Waals surface area contributed by atoms with Crippen LogP contribution in [0.3, 0.4) is 0 Å². The summed E-state index contributed by atoms with van der Waals surface area (Å²) < 4.78 is 7.41. The molecule has 2 aromatic carbocycles. The zero-order chi connectivity index (χ0) is 20.5. The van der Waals surface area contributed by atoms with Crippen molar-refractivity contribution < 1.29 is 9.53 Å². The van der Waals surface area contributed by atoms with Crippen LogP contribution in [-0.2, 0) is 4.79 Å². The lowest BCUT2D eigenvalue weighted by atomic mass is 10.1. The van der Waals surface area contributed by atoms with Gasteiger partial charge >= 0.3 is 0 Å². The van der Waals surface area contributed by atoms with Crippen molar-refractivity contribution >= 4 is 39.8 Å². The van der Waals surface area contributed by atoms with Crippen LogP contribution in [0.4, 0.5) is 5.95 Å². The van der Waals surface area contributed by atoms with Crippen LogP contribution in [0.1, 0.15) is 16.7 Å². The standard InChI is InChI=1S/C21H19ClN4O2S/c1-12-8-13(2)14(3)18(9-12)28-10-19(27)23-20-24-21-26(25-20)17(11-29-21)15-4-6-16(22)7-5-15/h4-9,11H,10H2,1-3H3,(H,23,25,27). The van der Waals surface area contributed by atoms with E-state index in [1.807, 2.05) is 56.5 Å². The number of benzene rings is 2. The fraction of sp³-hybridized carbons (Fsp3) is 0.190. The van der Waals surface area contributed by atoms with E-state index in [-0.39, 0.29) is 18.5 Å². The molecule has 1 amide bonds. The molecule has 0 bridgehead atoms. The van der Waals surface area contributed by atoms with E-state index in [9.17, 15) is 4.79 Å². The second-order valence-corrected chi connectivity index (χ2v) is 8.07. The number of nitrogens with zero attached hydrogens (tertiary/aromatic N) is 3. The lowest BCUT2D eigenvalue weighted by Gasteiger charge is -2.11. The van der Waals surface area contributed by atoms with Gasteiger partial charge in [-0.2, -0.15) is 4.98 Å². The van der Waals surface area contributed by atoms with Crippen LogP contribution < -0.4 is 10.1 Å². The summed E-state index contributed by atoms with van der Waals surface area (Å²) in [4.78, 5) is 17.4. The van der Waals surface area contributed by atoms with Crippen LogP contribution in [0.25, 0.3) is 16.2 Å². The normalized spacial score (nSPS) is 11.0. The SMILES string of the molecule is Cc1cc(C)c(C)c(OCC(=O)Nc2nc3scc(-c4ccc(Cl)cc4)n3n2)c1. The summed E-state index contributed by atoms with van der Waals surface area (Å²) in [7, 11) is 0. The summed E-state index contributed by atoms with van der Waals surface area (Å²) in [5, 5.41) is 9.75. The molecule has 1 N–H and O–H groups in total. The highest BCUT2D eigenvalue weighted by Gasteiger charge is 2.14. The fourth-order valence-electron chi connectivity index (χ4n) is 3.01. The van der Waals surface area contributed by atoms with Crippen molar-refractivity contribution in [3.05, 3.63) is 63.5 Å². The van der Waals surface area contributed by atoms with Crippen LogP contribution in [-0.4, -0.2) is 27.1 Å². The average molecular weight is 427 g/mol. The lowest BCUT2D eigenvalue weighted by molar-refractivity contribution is -0.118. The number of carbonyl (C=O) groups excluding carboxylic acids is 1. The van der Waals surface area contributed by atoms with Crippen LogP contribution in [0, 0.1) is 20.8 Å². The number of aromatic nitrogens is 3. The van der Waals surface area contributed by atoms with Gasteiger partial charge in [-0.1, -0.05) is 29.8 Å². The van der Waals surface area contributed by atoms with Crippen LogP contribution >= 0.6 is 22.9 Å². The Morgan fingerprint density at radius 3 is 2.72 bits per heavy atom.